The van der Waals surface area contributed by atoms with Crippen molar-refractivity contribution < 1.29 is 5.11 Å². The molecule has 0 atom stereocenters. The Morgan fingerprint density at radius 1 is 0.771 bits per heavy atom. The van der Waals surface area contributed by atoms with Crippen LogP contribution < -0.4 is 0 Å². The van der Waals surface area contributed by atoms with Gasteiger partial charge in [-0.3, -0.25) is 0 Å². The minimum Gasteiger partial charge on any atom is -0.392 e. The van der Waals surface area contributed by atoms with Gasteiger partial charge in [0.1, 0.15) is 0 Å². The van der Waals surface area contributed by atoms with E-state index in [2.05, 4.69) is 107 Å². The molecule has 4 aromatic rings. The van der Waals surface area contributed by atoms with Gasteiger partial charge in [-0.2, -0.15) is 0 Å². The van der Waals surface area contributed by atoms with Gasteiger partial charge in [0, 0.05) is 0 Å². The molecule has 1 heteroatoms. The summed E-state index contributed by atoms with van der Waals surface area (Å²) in [6.07, 6.45) is 7.02. The molecule has 0 radical (unpaired) electrons. The largest absolute Gasteiger partial charge is 0.392 e. The molecule has 1 N–H and O–H groups in total. The summed E-state index contributed by atoms with van der Waals surface area (Å²) >= 11 is 0. The van der Waals surface area contributed by atoms with Crippen LogP contribution in [-0.4, -0.2) is 5.11 Å². The van der Waals surface area contributed by atoms with Crippen molar-refractivity contribution in [1.82, 2.24) is 0 Å². The summed E-state index contributed by atoms with van der Waals surface area (Å²) in [5, 5.41) is 15.3. The van der Waals surface area contributed by atoms with Gasteiger partial charge < -0.3 is 5.11 Å². The molecule has 2 aliphatic rings. The van der Waals surface area contributed by atoms with Crippen LogP contribution in [0.5, 0.6) is 0 Å². The highest BCUT2D eigenvalue weighted by atomic mass is 16.3. The first-order valence-corrected chi connectivity index (χ1v) is 12.8. The summed E-state index contributed by atoms with van der Waals surface area (Å²) in [4.78, 5) is 0. The Bertz CT molecular complexity index is 1580. The van der Waals surface area contributed by atoms with Crippen LogP contribution in [0.25, 0.3) is 38.2 Å². The van der Waals surface area contributed by atoms with E-state index in [1.54, 1.807) is 5.57 Å². The van der Waals surface area contributed by atoms with E-state index in [9.17, 15) is 5.11 Å². The lowest BCUT2D eigenvalue weighted by Crippen LogP contribution is -2.27. The molecular formula is C34H34O. The summed E-state index contributed by atoms with van der Waals surface area (Å²) < 4.78 is 0. The average Bonchev–Trinajstić information content (AvgIpc) is 2.81. The summed E-state index contributed by atoms with van der Waals surface area (Å²) in [6.45, 7) is 11.8. The van der Waals surface area contributed by atoms with Crippen LogP contribution in [0.1, 0.15) is 62.8 Å². The third kappa shape index (κ3) is 3.48. The first kappa shape index (κ1) is 22.3. The molecule has 176 valence electrons. The minimum atomic E-state index is 0.0327. The zero-order chi connectivity index (χ0) is 24.5. The first-order valence-electron chi connectivity index (χ1n) is 12.8. The first-order chi connectivity index (χ1) is 16.7. The minimum absolute atomic E-state index is 0.0327. The molecule has 0 spiro atoms. The SMILES string of the molecule is Cc1cc2c3c(ccc2cc1-c1ccc2ccccc2c1CO)C1=C(CC(C)(C)C=C1)CC3(C)C. The molecule has 35 heavy (non-hydrogen) atoms. The second-order valence-corrected chi connectivity index (χ2v) is 11.9. The van der Waals surface area contributed by atoms with Gasteiger partial charge in [-0.25, -0.2) is 0 Å². The molecule has 0 heterocycles. The molecule has 0 aromatic heterocycles. The molecule has 0 saturated heterocycles. The van der Waals surface area contributed by atoms with Crippen molar-refractivity contribution in [3.63, 3.8) is 0 Å². The molecule has 0 amide bonds. The number of allylic oxidation sites excluding steroid dienone is 4. The molecule has 0 bridgehead atoms. The number of hydrogen-bond donors (Lipinski definition) is 1. The number of aliphatic hydroxyl groups excluding tert-OH is 1. The zero-order valence-electron chi connectivity index (χ0n) is 21.5. The van der Waals surface area contributed by atoms with E-state index >= 15 is 0 Å². The predicted octanol–water partition coefficient (Wildman–Crippen LogP) is 8.88. The lowest BCUT2D eigenvalue weighted by Gasteiger charge is -2.40. The number of rotatable bonds is 2. The highest BCUT2D eigenvalue weighted by molar-refractivity contribution is 5.99. The van der Waals surface area contributed by atoms with Gasteiger partial charge in [-0.1, -0.05) is 100 Å². The van der Waals surface area contributed by atoms with Crippen molar-refractivity contribution in [2.45, 2.75) is 59.5 Å². The molecule has 0 fully saturated rings. The van der Waals surface area contributed by atoms with E-state index in [4.69, 9.17) is 0 Å². The van der Waals surface area contributed by atoms with Crippen LogP contribution in [0.15, 0.2) is 78.4 Å². The van der Waals surface area contributed by atoms with Gasteiger partial charge in [0.05, 0.1) is 6.61 Å². The monoisotopic (exact) mass is 458 g/mol. The Hall–Kier alpha value is -3.16. The van der Waals surface area contributed by atoms with E-state index in [-0.39, 0.29) is 17.4 Å². The predicted molar refractivity (Wildman–Crippen MR) is 150 cm³/mol. The third-order valence-corrected chi connectivity index (χ3v) is 8.23. The van der Waals surface area contributed by atoms with Crippen molar-refractivity contribution in [2.24, 2.45) is 5.41 Å². The lowest BCUT2D eigenvalue weighted by atomic mass is 9.64. The fourth-order valence-corrected chi connectivity index (χ4v) is 6.67. The summed E-state index contributed by atoms with van der Waals surface area (Å²) in [5.41, 5.74) is 10.9. The van der Waals surface area contributed by atoms with E-state index < -0.39 is 0 Å². The van der Waals surface area contributed by atoms with Crippen LogP contribution >= 0.6 is 0 Å². The van der Waals surface area contributed by atoms with Crippen molar-refractivity contribution in [2.75, 3.05) is 0 Å². The molecule has 0 aliphatic heterocycles. The van der Waals surface area contributed by atoms with Crippen LogP contribution in [0, 0.1) is 12.3 Å². The number of benzene rings is 4. The van der Waals surface area contributed by atoms with E-state index in [0.29, 0.717) is 0 Å². The molecule has 0 saturated carbocycles. The molecule has 0 unspecified atom stereocenters. The van der Waals surface area contributed by atoms with Gasteiger partial charge in [0.2, 0.25) is 0 Å². The van der Waals surface area contributed by atoms with Crippen LogP contribution in [0.4, 0.5) is 0 Å². The van der Waals surface area contributed by atoms with Crippen LogP contribution in [0.3, 0.4) is 0 Å². The standard InChI is InChI=1S/C34H34O/c1-21-16-30-23(17-29(21)27-12-10-22-8-6-7-9-25(22)31(27)20-35)11-13-28-26-14-15-33(2,3)18-24(26)19-34(4,5)32(28)30/h6-17,35H,18-20H2,1-5H3. The normalized spacial score (nSPS) is 18.1. The van der Waals surface area contributed by atoms with Gasteiger partial charge in [-0.15, -0.1) is 0 Å². The zero-order valence-corrected chi connectivity index (χ0v) is 21.5. The highest BCUT2D eigenvalue weighted by Crippen LogP contribution is 2.51. The van der Waals surface area contributed by atoms with Crippen LogP contribution in [-0.2, 0) is 12.0 Å². The van der Waals surface area contributed by atoms with E-state index in [1.165, 1.54) is 44.0 Å². The second-order valence-electron chi connectivity index (χ2n) is 11.9. The fraction of sp³-hybridized carbons (Fsp3) is 0.294. The smallest absolute Gasteiger partial charge is 0.0693 e. The van der Waals surface area contributed by atoms with Gasteiger partial charge in [0.15, 0.2) is 0 Å². The van der Waals surface area contributed by atoms with Gasteiger partial charge in [-0.05, 0) is 97.2 Å². The Morgan fingerprint density at radius 2 is 1.51 bits per heavy atom. The second kappa shape index (κ2) is 7.67. The van der Waals surface area contributed by atoms with Crippen molar-refractivity contribution >= 4 is 27.1 Å². The molecule has 2 aliphatic carbocycles. The van der Waals surface area contributed by atoms with Gasteiger partial charge >= 0.3 is 0 Å². The van der Waals surface area contributed by atoms with Crippen molar-refractivity contribution in [3.05, 3.63) is 101 Å². The van der Waals surface area contributed by atoms with Crippen LogP contribution in [0.2, 0.25) is 0 Å². The highest BCUT2D eigenvalue weighted by Gasteiger charge is 2.36. The summed E-state index contributed by atoms with van der Waals surface area (Å²) in [6, 6.07) is 22.1. The van der Waals surface area contributed by atoms with E-state index in [1.807, 2.05) is 0 Å². The lowest BCUT2D eigenvalue weighted by molar-refractivity contribution is 0.284. The van der Waals surface area contributed by atoms with Crippen molar-refractivity contribution in [3.8, 4) is 11.1 Å². The maximum absolute atomic E-state index is 10.3. The van der Waals surface area contributed by atoms with Crippen molar-refractivity contribution in [1.29, 1.82) is 0 Å². The molecule has 1 nitrogen and oxygen atoms in total. The van der Waals surface area contributed by atoms with E-state index in [0.717, 1.165) is 29.4 Å². The molecular weight excluding hydrogens is 424 g/mol. The molecule has 6 rings (SSSR count). The maximum Gasteiger partial charge on any atom is 0.0693 e. The molecule has 4 aromatic carbocycles. The number of aliphatic hydroxyl groups is 1. The Labute approximate surface area is 208 Å². The maximum atomic E-state index is 10.3. The topological polar surface area (TPSA) is 20.2 Å². The third-order valence-electron chi connectivity index (χ3n) is 8.23. The Morgan fingerprint density at radius 3 is 2.31 bits per heavy atom. The summed E-state index contributed by atoms with van der Waals surface area (Å²) in [5.74, 6) is 0. The Kier molecular flexibility index (Phi) is 4.89. The average molecular weight is 459 g/mol. The summed E-state index contributed by atoms with van der Waals surface area (Å²) in [7, 11) is 0. The quantitative estimate of drug-likeness (QED) is 0.318. The number of fused-ring (bicyclic) bond motifs is 5. The fourth-order valence-electron chi connectivity index (χ4n) is 6.67. The number of aryl methyl sites for hydroxylation is 1. The Balaban J connectivity index is 1.58. The number of hydrogen-bond acceptors (Lipinski definition) is 1. The van der Waals surface area contributed by atoms with Gasteiger partial charge in [0.25, 0.3) is 0 Å².